The second-order valence-electron chi connectivity index (χ2n) is 10.5. The monoisotopic (exact) mass is 518 g/mol. The predicted octanol–water partition coefficient (Wildman–Crippen LogP) is 3.28. The molecule has 4 amide bonds. The van der Waals surface area contributed by atoms with E-state index >= 15 is 0 Å². The first-order chi connectivity index (χ1) is 17.4. The molecule has 37 heavy (non-hydrogen) atoms. The van der Waals surface area contributed by atoms with Gasteiger partial charge >= 0.3 is 6.09 Å². The predicted molar refractivity (Wildman–Crippen MR) is 139 cm³/mol. The van der Waals surface area contributed by atoms with Gasteiger partial charge in [-0.25, -0.2) is 4.79 Å². The van der Waals surface area contributed by atoms with Crippen molar-refractivity contribution in [1.82, 2.24) is 15.5 Å². The Bertz CT molecular complexity index is 939. The Morgan fingerprint density at radius 2 is 1.78 bits per heavy atom. The van der Waals surface area contributed by atoms with Gasteiger partial charge in [0.2, 0.25) is 17.7 Å². The number of para-hydroxylation sites is 1. The first-order valence-corrected chi connectivity index (χ1v) is 13.1. The van der Waals surface area contributed by atoms with Gasteiger partial charge in [0.15, 0.2) is 0 Å². The molecule has 0 radical (unpaired) electrons. The molecular formula is C27H42N4O6. The van der Waals surface area contributed by atoms with Crippen LogP contribution in [0.5, 0.6) is 5.75 Å². The second-order valence-corrected chi connectivity index (χ2v) is 10.5. The van der Waals surface area contributed by atoms with Gasteiger partial charge in [0.1, 0.15) is 23.4 Å². The summed E-state index contributed by atoms with van der Waals surface area (Å²) in [6.45, 7) is 7.12. The molecule has 1 saturated carbocycles. The summed E-state index contributed by atoms with van der Waals surface area (Å²) < 4.78 is 5.32. The van der Waals surface area contributed by atoms with Gasteiger partial charge in [-0.05, 0) is 52.5 Å². The van der Waals surface area contributed by atoms with Crippen LogP contribution in [0.2, 0.25) is 0 Å². The van der Waals surface area contributed by atoms with E-state index in [9.17, 15) is 24.3 Å². The van der Waals surface area contributed by atoms with Crippen LogP contribution in [0, 0.1) is 0 Å². The van der Waals surface area contributed by atoms with Gasteiger partial charge in [-0.2, -0.15) is 0 Å². The van der Waals surface area contributed by atoms with Crippen LogP contribution in [0.3, 0.4) is 0 Å². The van der Waals surface area contributed by atoms with Crippen molar-refractivity contribution in [3.8, 4) is 5.75 Å². The Hall–Kier alpha value is -3.30. The molecule has 206 valence electrons. The van der Waals surface area contributed by atoms with Gasteiger partial charge in [-0.15, -0.1) is 0 Å². The Kier molecular flexibility index (Phi) is 11.2. The van der Waals surface area contributed by atoms with Crippen molar-refractivity contribution in [2.45, 2.75) is 103 Å². The lowest BCUT2D eigenvalue weighted by atomic mass is 9.94. The molecule has 2 unspecified atom stereocenters. The lowest BCUT2D eigenvalue weighted by molar-refractivity contribution is -0.143. The minimum absolute atomic E-state index is 0.0151. The summed E-state index contributed by atoms with van der Waals surface area (Å²) in [7, 11) is 0. The molecule has 2 rings (SSSR count). The summed E-state index contributed by atoms with van der Waals surface area (Å²) in [6, 6.07) is 4.09. The van der Waals surface area contributed by atoms with Gasteiger partial charge < -0.3 is 31.1 Å². The quantitative estimate of drug-likeness (QED) is 0.353. The van der Waals surface area contributed by atoms with Gasteiger partial charge in [-0.3, -0.25) is 14.4 Å². The number of rotatable bonds is 11. The van der Waals surface area contributed by atoms with Crippen LogP contribution in [0.4, 0.5) is 4.79 Å². The molecule has 0 bridgehead atoms. The van der Waals surface area contributed by atoms with Crippen LogP contribution >= 0.6 is 0 Å². The maximum Gasteiger partial charge on any atom is 0.408 e. The number of carbonyl (C=O) groups is 4. The van der Waals surface area contributed by atoms with Crippen molar-refractivity contribution < 1.29 is 29.0 Å². The lowest BCUT2D eigenvalue weighted by Gasteiger charge is -2.35. The molecule has 0 saturated heterocycles. The Labute approximate surface area is 219 Å². The van der Waals surface area contributed by atoms with Gasteiger partial charge in [-0.1, -0.05) is 44.4 Å². The van der Waals surface area contributed by atoms with E-state index in [-0.39, 0.29) is 36.7 Å². The van der Waals surface area contributed by atoms with Gasteiger partial charge in [0.25, 0.3) is 0 Å². The third-order valence-corrected chi connectivity index (χ3v) is 6.16. The summed E-state index contributed by atoms with van der Waals surface area (Å²) >= 11 is 0. The van der Waals surface area contributed by atoms with E-state index in [1.165, 1.54) is 11.0 Å². The molecule has 1 aliphatic rings. The van der Waals surface area contributed by atoms with Crippen molar-refractivity contribution in [2.24, 2.45) is 5.73 Å². The molecule has 0 aromatic heterocycles. The lowest BCUT2D eigenvalue weighted by Crippen LogP contribution is -2.54. The summed E-state index contributed by atoms with van der Waals surface area (Å²) in [5.41, 5.74) is 4.80. The number of hydrogen-bond donors (Lipinski definition) is 4. The maximum absolute atomic E-state index is 13.9. The maximum atomic E-state index is 13.9. The van der Waals surface area contributed by atoms with E-state index in [4.69, 9.17) is 10.5 Å². The molecule has 1 aromatic carbocycles. The Morgan fingerprint density at radius 3 is 2.35 bits per heavy atom. The normalized spacial score (nSPS) is 15.8. The molecule has 10 nitrogen and oxygen atoms in total. The fourth-order valence-electron chi connectivity index (χ4n) is 4.50. The third-order valence-electron chi connectivity index (χ3n) is 6.16. The first-order valence-electron chi connectivity index (χ1n) is 13.1. The molecule has 5 N–H and O–H groups in total. The molecule has 2 atom stereocenters. The Balaban J connectivity index is 2.43. The number of hydrogen-bond acceptors (Lipinski definition) is 6. The number of nitrogens with zero attached hydrogens (tertiary/aromatic N) is 1. The smallest absolute Gasteiger partial charge is 0.408 e. The van der Waals surface area contributed by atoms with Crippen LogP contribution in [-0.2, 0) is 19.1 Å². The molecular weight excluding hydrogens is 476 g/mol. The van der Waals surface area contributed by atoms with Crippen molar-refractivity contribution >= 4 is 23.8 Å². The summed E-state index contributed by atoms with van der Waals surface area (Å²) in [5, 5.41) is 16.3. The fourth-order valence-corrected chi connectivity index (χ4v) is 4.50. The first kappa shape index (κ1) is 29.9. The summed E-state index contributed by atoms with van der Waals surface area (Å²) in [4.78, 5) is 53.0. The Morgan fingerprint density at radius 1 is 1.14 bits per heavy atom. The SMILES string of the molecule is CCCN(C(=O)C(CCC(N)=O)NC(=O)OC(C)(C)C)C(C(=O)NC1CCCCC1)c1ccccc1O. The molecule has 1 fully saturated rings. The molecule has 0 spiro atoms. The zero-order chi connectivity index (χ0) is 27.6. The van der Waals surface area contributed by atoms with E-state index in [1.54, 1.807) is 39.0 Å². The van der Waals surface area contributed by atoms with E-state index in [2.05, 4.69) is 10.6 Å². The fraction of sp³-hybridized carbons (Fsp3) is 0.630. The molecule has 10 heteroatoms. The summed E-state index contributed by atoms with van der Waals surface area (Å²) in [5.74, 6) is -1.71. The highest BCUT2D eigenvalue weighted by atomic mass is 16.6. The number of primary amides is 1. The third kappa shape index (κ3) is 9.59. The molecule has 1 aromatic rings. The summed E-state index contributed by atoms with van der Waals surface area (Å²) in [6.07, 6.45) is 4.32. The topological polar surface area (TPSA) is 151 Å². The number of amides is 4. The zero-order valence-corrected chi connectivity index (χ0v) is 22.4. The van der Waals surface area contributed by atoms with Crippen molar-refractivity contribution in [3.63, 3.8) is 0 Å². The number of phenols is 1. The minimum atomic E-state index is -1.16. The number of nitrogens with one attached hydrogen (secondary N) is 2. The number of benzene rings is 1. The van der Waals surface area contributed by atoms with E-state index < -0.39 is 41.5 Å². The van der Waals surface area contributed by atoms with Crippen molar-refractivity contribution in [2.75, 3.05) is 6.54 Å². The van der Waals surface area contributed by atoms with E-state index in [1.807, 2.05) is 6.92 Å². The molecule has 0 aliphatic heterocycles. The number of phenolic OH excluding ortho intramolecular Hbond substituents is 1. The van der Waals surface area contributed by atoms with E-state index in [0.29, 0.717) is 6.42 Å². The molecule has 1 aliphatic carbocycles. The van der Waals surface area contributed by atoms with Crippen LogP contribution in [0.1, 0.15) is 90.7 Å². The van der Waals surface area contributed by atoms with Crippen LogP contribution in [-0.4, -0.2) is 58.1 Å². The number of nitrogens with two attached hydrogens (primary N) is 1. The van der Waals surface area contributed by atoms with Crippen molar-refractivity contribution in [1.29, 1.82) is 0 Å². The molecule has 0 heterocycles. The minimum Gasteiger partial charge on any atom is -0.508 e. The standard InChI is InChI=1S/C27H42N4O6/c1-5-17-31(25(35)20(15-16-22(28)33)30-26(36)37-27(2,3)4)23(19-13-9-10-14-21(19)32)24(34)29-18-11-7-6-8-12-18/h9-10,13-14,18,20,23,32H,5-8,11-12,15-17H2,1-4H3,(H2,28,33)(H,29,34)(H,30,36). The highest BCUT2D eigenvalue weighted by Crippen LogP contribution is 2.31. The van der Waals surface area contributed by atoms with Crippen LogP contribution in [0.25, 0.3) is 0 Å². The highest BCUT2D eigenvalue weighted by Gasteiger charge is 2.37. The number of carbonyl (C=O) groups excluding carboxylic acids is 4. The average molecular weight is 519 g/mol. The van der Waals surface area contributed by atoms with Crippen molar-refractivity contribution in [3.05, 3.63) is 29.8 Å². The highest BCUT2D eigenvalue weighted by molar-refractivity contribution is 5.93. The second kappa shape index (κ2) is 13.9. The average Bonchev–Trinajstić information content (AvgIpc) is 2.81. The van der Waals surface area contributed by atoms with Crippen LogP contribution < -0.4 is 16.4 Å². The zero-order valence-electron chi connectivity index (χ0n) is 22.4. The van der Waals surface area contributed by atoms with Gasteiger partial charge in [0.05, 0.1) is 0 Å². The van der Waals surface area contributed by atoms with Crippen LogP contribution in [0.15, 0.2) is 24.3 Å². The number of ether oxygens (including phenoxy) is 1. The number of alkyl carbamates (subject to hydrolysis) is 1. The van der Waals surface area contributed by atoms with Gasteiger partial charge in [0, 0.05) is 24.6 Å². The van der Waals surface area contributed by atoms with E-state index in [0.717, 1.165) is 32.1 Å². The largest absolute Gasteiger partial charge is 0.508 e. The number of aromatic hydroxyl groups is 1.